The maximum atomic E-state index is 13.4. The molecule has 2 heterocycles. The number of hydrogen-bond donors (Lipinski definition) is 0. The lowest BCUT2D eigenvalue weighted by molar-refractivity contribution is -0.00300. The Morgan fingerprint density at radius 2 is 1.86 bits per heavy atom. The number of rotatable bonds is 7. The van der Waals surface area contributed by atoms with Gasteiger partial charge in [0.15, 0.2) is 5.69 Å². The van der Waals surface area contributed by atoms with Crippen LogP contribution in [-0.2, 0) is 9.47 Å². The van der Waals surface area contributed by atoms with Gasteiger partial charge in [0, 0.05) is 37.8 Å². The number of carbonyl (C=O) groups excluding carboxylic acids is 2. The Morgan fingerprint density at radius 1 is 1.16 bits per heavy atom. The molecular formula is C27H35F2N3O5. The quantitative estimate of drug-likeness (QED) is 0.467. The molecule has 0 unspecified atom stereocenters. The minimum atomic E-state index is -2.61. The average molecular weight is 520 g/mol. The zero-order valence-electron chi connectivity index (χ0n) is 22.2. The number of alkyl halides is 2. The molecule has 8 nitrogen and oxygen atoms in total. The monoisotopic (exact) mass is 519 g/mol. The second kappa shape index (κ2) is 11.9. The van der Waals surface area contributed by atoms with E-state index in [4.69, 9.17) is 14.2 Å². The molecule has 3 rings (SSSR count). The summed E-state index contributed by atoms with van der Waals surface area (Å²) in [6.45, 7) is 11.1. The van der Waals surface area contributed by atoms with Crippen LogP contribution in [0.1, 0.15) is 67.4 Å². The number of carbonyl (C=O) groups is 2. The molecule has 10 heteroatoms. The molecule has 2 aromatic rings. The van der Waals surface area contributed by atoms with E-state index < -0.39 is 24.1 Å². The number of piperazine rings is 1. The Kier molecular flexibility index (Phi) is 9.07. The van der Waals surface area contributed by atoms with Gasteiger partial charge in [-0.1, -0.05) is 18.2 Å². The van der Waals surface area contributed by atoms with Crippen LogP contribution in [0.15, 0.2) is 36.5 Å². The predicted octanol–water partition coefficient (Wildman–Crippen LogP) is 5.18. The summed E-state index contributed by atoms with van der Waals surface area (Å²) in [6, 6.07) is 7.72. The molecule has 1 aliphatic heterocycles. The smallest absolute Gasteiger partial charge is 0.410 e. The summed E-state index contributed by atoms with van der Waals surface area (Å²) in [4.78, 5) is 32.5. The van der Waals surface area contributed by atoms with Crippen LogP contribution < -0.4 is 4.74 Å². The van der Waals surface area contributed by atoms with Crippen LogP contribution in [0.3, 0.4) is 0 Å². The van der Waals surface area contributed by atoms with Crippen molar-refractivity contribution in [1.29, 1.82) is 0 Å². The number of pyridine rings is 1. The van der Waals surface area contributed by atoms with Gasteiger partial charge in [0.05, 0.1) is 13.3 Å². The third-order valence-corrected chi connectivity index (χ3v) is 6.01. The fourth-order valence-electron chi connectivity index (χ4n) is 4.22. The van der Waals surface area contributed by atoms with Gasteiger partial charge in [-0.25, -0.2) is 23.4 Å². The topological polar surface area (TPSA) is 81.2 Å². The first-order valence-corrected chi connectivity index (χ1v) is 12.2. The van der Waals surface area contributed by atoms with Crippen LogP contribution in [0.2, 0.25) is 0 Å². The predicted molar refractivity (Wildman–Crippen MR) is 134 cm³/mol. The summed E-state index contributed by atoms with van der Waals surface area (Å²) >= 11 is 0. The molecule has 1 aromatic carbocycles. The van der Waals surface area contributed by atoms with Crippen molar-refractivity contribution >= 4 is 12.1 Å². The van der Waals surface area contributed by atoms with Crippen molar-refractivity contribution in [2.24, 2.45) is 0 Å². The van der Waals surface area contributed by atoms with E-state index in [-0.39, 0.29) is 23.4 Å². The van der Waals surface area contributed by atoms with E-state index in [0.29, 0.717) is 43.1 Å². The van der Waals surface area contributed by atoms with Crippen LogP contribution in [0.4, 0.5) is 13.6 Å². The van der Waals surface area contributed by atoms with Crippen molar-refractivity contribution in [1.82, 2.24) is 14.8 Å². The second-order valence-electron chi connectivity index (χ2n) is 10.2. The highest BCUT2D eigenvalue weighted by Crippen LogP contribution is 2.28. The first kappa shape index (κ1) is 28.3. The molecule has 0 saturated carbocycles. The van der Waals surface area contributed by atoms with Gasteiger partial charge in [0.1, 0.15) is 17.5 Å². The van der Waals surface area contributed by atoms with Gasteiger partial charge in [-0.2, -0.15) is 0 Å². The molecule has 1 amide bonds. The first-order chi connectivity index (χ1) is 17.4. The second-order valence-corrected chi connectivity index (χ2v) is 10.2. The third kappa shape index (κ3) is 7.61. The summed E-state index contributed by atoms with van der Waals surface area (Å²) in [5.41, 5.74) is 0.666. The number of methoxy groups -OCH3 is 1. The lowest BCUT2D eigenvalue weighted by Crippen LogP contribution is -2.55. The summed E-state index contributed by atoms with van der Waals surface area (Å²) in [6.07, 6.45) is -2.14. The lowest BCUT2D eigenvalue weighted by atomic mass is 10.0. The van der Waals surface area contributed by atoms with E-state index in [1.807, 2.05) is 27.7 Å². The molecule has 0 aliphatic carbocycles. The minimum absolute atomic E-state index is 0.0930. The van der Waals surface area contributed by atoms with Crippen molar-refractivity contribution in [2.45, 2.75) is 58.8 Å². The molecule has 1 fully saturated rings. The number of hydrogen-bond acceptors (Lipinski definition) is 7. The Balaban J connectivity index is 1.80. The molecular weight excluding hydrogens is 484 g/mol. The summed E-state index contributed by atoms with van der Waals surface area (Å²) < 4.78 is 43.4. The highest BCUT2D eigenvalue weighted by Gasteiger charge is 2.32. The summed E-state index contributed by atoms with van der Waals surface area (Å²) in [7, 11) is 1.28. The van der Waals surface area contributed by atoms with E-state index in [1.54, 1.807) is 30.0 Å². The van der Waals surface area contributed by atoms with Crippen molar-refractivity contribution in [3.8, 4) is 5.75 Å². The normalized spacial score (nSPS) is 17.4. The van der Waals surface area contributed by atoms with Crippen molar-refractivity contribution < 1.29 is 32.6 Å². The maximum Gasteiger partial charge on any atom is 0.410 e. The van der Waals surface area contributed by atoms with Crippen molar-refractivity contribution in [2.75, 3.05) is 33.3 Å². The Labute approximate surface area is 216 Å². The van der Waals surface area contributed by atoms with Gasteiger partial charge >= 0.3 is 12.1 Å². The van der Waals surface area contributed by atoms with Crippen LogP contribution in [0.5, 0.6) is 5.75 Å². The number of benzene rings is 1. The Hall–Kier alpha value is -3.27. The Morgan fingerprint density at radius 3 is 2.46 bits per heavy atom. The molecule has 1 aromatic heterocycles. The Bertz CT molecular complexity index is 1110. The average Bonchev–Trinajstić information content (AvgIpc) is 2.82. The molecule has 1 aliphatic rings. The number of ether oxygens (including phenoxy) is 3. The maximum absolute atomic E-state index is 13.4. The van der Waals surface area contributed by atoms with E-state index in [1.165, 1.54) is 25.4 Å². The molecule has 2 atom stereocenters. The lowest BCUT2D eigenvalue weighted by Gasteiger charge is -2.41. The van der Waals surface area contributed by atoms with Crippen LogP contribution in [0.25, 0.3) is 0 Å². The van der Waals surface area contributed by atoms with Gasteiger partial charge in [-0.05, 0) is 57.9 Å². The SMILES string of the molecule is COC(=O)c1ncc(O[C@H](CN2CCN(C(=O)OC(C)(C)C)[C@H](C)C2)c2cccc(C(F)F)c2)cc1C. The first-order valence-electron chi connectivity index (χ1n) is 12.2. The van der Waals surface area contributed by atoms with E-state index in [2.05, 4.69) is 9.88 Å². The fourth-order valence-corrected chi connectivity index (χ4v) is 4.22. The third-order valence-electron chi connectivity index (χ3n) is 6.01. The largest absolute Gasteiger partial charge is 0.483 e. The summed E-state index contributed by atoms with van der Waals surface area (Å²) in [5.74, 6) is -0.153. The number of nitrogens with zero attached hydrogens (tertiary/aromatic N) is 3. The van der Waals surface area contributed by atoms with Crippen molar-refractivity contribution in [3.05, 3.63) is 58.9 Å². The van der Waals surface area contributed by atoms with E-state index in [0.717, 1.165) is 0 Å². The molecule has 0 N–H and O–H groups in total. The zero-order chi connectivity index (χ0) is 27.3. The zero-order valence-corrected chi connectivity index (χ0v) is 22.2. The van der Waals surface area contributed by atoms with Crippen LogP contribution in [0, 0.1) is 6.92 Å². The van der Waals surface area contributed by atoms with Crippen LogP contribution >= 0.6 is 0 Å². The van der Waals surface area contributed by atoms with Gasteiger partial charge in [-0.3, -0.25) is 4.90 Å². The molecule has 1 saturated heterocycles. The number of aryl methyl sites for hydroxylation is 1. The molecule has 0 radical (unpaired) electrons. The summed E-state index contributed by atoms with van der Waals surface area (Å²) in [5, 5.41) is 0. The highest BCUT2D eigenvalue weighted by atomic mass is 19.3. The number of esters is 1. The van der Waals surface area contributed by atoms with E-state index >= 15 is 0 Å². The molecule has 0 spiro atoms. The standard InChI is InChI=1S/C27H35F2N3O5/c1-17-12-21(14-30-23(17)25(33)35-6)36-22(19-8-7-9-20(13-19)24(28)29)16-31-10-11-32(18(2)15-31)26(34)37-27(3,4)5/h7-9,12-14,18,22,24H,10-11,15-16H2,1-6H3/t18-,22-/m1/s1. The van der Waals surface area contributed by atoms with Gasteiger partial charge in [0.25, 0.3) is 6.43 Å². The number of amides is 1. The fraction of sp³-hybridized carbons (Fsp3) is 0.519. The van der Waals surface area contributed by atoms with E-state index in [9.17, 15) is 18.4 Å². The van der Waals surface area contributed by atoms with Gasteiger partial charge in [0.2, 0.25) is 0 Å². The molecule has 202 valence electrons. The number of halogens is 2. The number of aromatic nitrogens is 1. The van der Waals surface area contributed by atoms with Crippen LogP contribution in [-0.4, -0.2) is 71.8 Å². The van der Waals surface area contributed by atoms with Gasteiger partial charge < -0.3 is 19.1 Å². The minimum Gasteiger partial charge on any atom is -0.483 e. The molecule has 0 bridgehead atoms. The van der Waals surface area contributed by atoms with Gasteiger partial charge in [-0.15, -0.1) is 0 Å². The molecule has 37 heavy (non-hydrogen) atoms. The van der Waals surface area contributed by atoms with Crippen molar-refractivity contribution in [3.63, 3.8) is 0 Å². The highest BCUT2D eigenvalue weighted by molar-refractivity contribution is 5.88.